The molecule has 0 aliphatic heterocycles. The van der Waals surface area contributed by atoms with E-state index in [1.165, 1.54) is 0 Å². The van der Waals surface area contributed by atoms with Gasteiger partial charge in [0, 0.05) is 11.6 Å². The van der Waals surface area contributed by atoms with Crippen LogP contribution in [0, 0.1) is 6.92 Å². The molecule has 0 aliphatic rings. The molecule has 0 amide bonds. The molecule has 0 saturated heterocycles. The van der Waals surface area contributed by atoms with Crippen molar-refractivity contribution in [3.05, 3.63) is 28.4 Å². The van der Waals surface area contributed by atoms with Crippen molar-refractivity contribution in [2.24, 2.45) is 0 Å². The zero-order valence-corrected chi connectivity index (χ0v) is 11.4. The maximum Gasteiger partial charge on any atom is 0.148 e. The molecule has 0 atom stereocenters. The molecule has 2 rings (SSSR count). The van der Waals surface area contributed by atoms with Crippen LogP contribution in [0.3, 0.4) is 0 Å². The Morgan fingerprint density at radius 3 is 2.12 bits per heavy atom. The molecular formula is C12H12BrNO3. The summed E-state index contributed by atoms with van der Waals surface area (Å²) in [6.45, 7) is 1.85. The van der Waals surface area contributed by atoms with Crippen LogP contribution in [0.15, 0.2) is 27.2 Å². The summed E-state index contributed by atoms with van der Waals surface area (Å²) in [6, 6.07) is 5.57. The van der Waals surface area contributed by atoms with E-state index in [1.54, 1.807) is 14.2 Å². The smallest absolute Gasteiger partial charge is 0.148 e. The lowest BCUT2D eigenvalue weighted by atomic mass is 10.1. The summed E-state index contributed by atoms with van der Waals surface area (Å²) < 4.78 is 16.4. The standard InChI is InChI=1S/C12H12BrNO3/c1-7-11(13)12(14-17-7)8-4-9(15-2)6-10(5-8)16-3/h4-6H,1-3H3. The molecule has 0 radical (unpaired) electrons. The van der Waals surface area contributed by atoms with Crippen molar-refractivity contribution in [3.63, 3.8) is 0 Å². The second-order valence-electron chi connectivity index (χ2n) is 3.50. The predicted molar refractivity (Wildman–Crippen MR) is 67.5 cm³/mol. The summed E-state index contributed by atoms with van der Waals surface area (Å²) in [6.07, 6.45) is 0. The van der Waals surface area contributed by atoms with Gasteiger partial charge >= 0.3 is 0 Å². The van der Waals surface area contributed by atoms with E-state index in [2.05, 4.69) is 21.1 Å². The lowest BCUT2D eigenvalue weighted by molar-refractivity contribution is 0.393. The van der Waals surface area contributed by atoms with Crippen LogP contribution < -0.4 is 9.47 Å². The first-order chi connectivity index (χ1) is 8.15. The molecule has 1 aromatic carbocycles. The Labute approximate surface area is 108 Å². The van der Waals surface area contributed by atoms with Crippen molar-refractivity contribution >= 4 is 15.9 Å². The summed E-state index contributed by atoms with van der Waals surface area (Å²) in [4.78, 5) is 0. The molecule has 2 aromatic rings. The van der Waals surface area contributed by atoms with Gasteiger partial charge in [0.1, 0.15) is 23.0 Å². The molecule has 90 valence electrons. The second kappa shape index (κ2) is 4.79. The van der Waals surface area contributed by atoms with Gasteiger partial charge < -0.3 is 14.0 Å². The molecule has 5 heteroatoms. The first-order valence-electron chi connectivity index (χ1n) is 5.01. The molecular weight excluding hydrogens is 286 g/mol. The number of benzene rings is 1. The summed E-state index contributed by atoms with van der Waals surface area (Å²) in [5.74, 6) is 2.17. The van der Waals surface area contributed by atoms with E-state index in [0.717, 1.165) is 21.5 Å². The summed E-state index contributed by atoms with van der Waals surface area (Å²) in [5.41, 5.74) is 1.62. The van der Waals surface area contributed by atoms with Crippen molar-refractivity contribution in [1.82, 2.24) is 5.16 Å². The van der Waals surface area contributed by atoms with Gasteiger partial charge in [0.15, 0.2) is 0 Å². The maximum absolute atomic E-state index is 5.21. The van der Waals surface area contributed by atoms with Gasteiger partial charge in [-0.25, -0.2) is 0 Å². The highest BCUT2D eigenvalue weighted by atomic mass is 79.9. The quantitative estimate of drug-likeness (QED) is 0.871. The van der Waals surface area contributed by atoms with Crippen molar-refractivity contribution < 1.29 is 14.0 Å². The third-order valence-corrected chi connectivity index (χ3v) is 3.35. The number of methoxy groups -OCH3 is 2. The number of aryl methyl sites for hydroxylation is 1. The minimum absolute atomic E-state index is 0.715. The lowest BCUT2D eigenvalue weighted by Gasteiger charge is -2.06. The highest BCUT2D eigenvalue weighted by molar-refractivity contribution is 9.10. The molecule has 0 N–H and O–H groups in total. The number of nitrogens with zero attached hydrogens (tertiary/aromatic N) is 1. The Morgan fingerprint density at radius 2 is 1.71 bits per heavy atom. The lowest BCUT2D eigenvalue weighted by Crippen LogP contribution is -1.89. The number of hydrogen-bond acceptors (Lipinski definition) is 4. The average molecular weight is 298 g/mol. The van der Waals surface area contributed by atoms with Gasteiger partial charge in [-0.05, 0) is 35.0 Å². The minimum atomic E-state index is 0.715. The molecule has 4 nitrogen and oxygen atoms in total. The van der Waals surface area contributed by atoms with Crippen LogP contribution >= 0.6 is 15.9 Å². The first kappa shape index (κ1) is 12.0. The third kappa shape index (κ3) is 2.29. The molecule has 0 unspecified atom stereocenters. The van der Waals surface area contributed by atoms with E-state index in [-0.39, 0.29) is 0 Å². The summed E-state index contributed by atoms with van der Waals surface area (Å²) >= 11 is 3.44. The second-order valence-corrected chi connectivity index (χ2v) is 4.30. The largest absolute Gasteiger partial charge is 0.497 e. The van der Waals surface area contributed by atoms with Crippen LogP contribution in [0.4, 0.5) is 0 Å². The topological polar surface area (TPSA) is 44.5 Å². The SMILES string of the molecule is COc1cc(OC)cc(-c2noc(C)c2Br)c1. The average Bonchev–Trinajstić information content (AvgIpc) is 2.69. The molecule has 17 heavy (non-hydrogen) atoms. The van der Waals surface area contributed by atoms with Crippen LogP contribution in [0.1, 0.15) is 5.76 Å². The number of aromatic nitrogens is 1. The van der Waals surface area contributed by atoms with Crippen LogP contribution in [0.2, 0.25) is 0 Å². The molecule has 0 spiro atoms. The van der Waals surface area contributed by atoms with Crippen LogP contribution in [-0.2, 0) is 0 Å². The highest BCUT2D eigenvalue weighted by Gasteiger charge is 2.14. The van der Waals surface area contributed by atoms with E-state index >= 15 is 0 Å². The van der Waals surface area contributed by atoms with E-state index in [9.17, 15) is 0 Å². The zero-order valence-electron chi connectivity index (χ0n) is 9.78. The monoisotopic (exact) mass is 297 g/mol. The Kier molecular flexibility index (Phi) is 3.38. The Hall–Kier alpha value is -1.49. The van der Waals surface area contributed by atoms with Crippen molar-refractivity contribution in [3.8, 4) is 22.8 Å². The van der Waals surface area contributed by atoms with Gasteiger partial charge in [-0.3, -0.25) is 0 Å². The number of rotatable bonds is 3. The molecule has 0 aliphatic carbocycles. The van der Waals surface area contributed by atoms with Gasteiger partial charge in [-0.2, -0.15) is 0 Å². The van der Waals surface area contributed by atoms with E-state index in [0.29, 0.717) is 11.5 Å². The molecule has 1 heterocycles. The molecule has 0 bridgehead atoms. The van der Waals surface area contributed by atoms with Gasteiger partial charge in [0.25, 0.3) is 0 Å². The minimum Gasteiger partial charge on any atom is -0.497 e. The number of ether oxygens (including phenoxy) is 2. The van der Waals surface area contributed by atoms with Crippen molar-refractivity contribution in [2.75, 3.05) is 14.2 Å². The van der Waals surface area contributed by atoms with Gasteiger partial charge in [-0.1, -0.05) is 5.16 Å². The maximum atomic E-state index is 5.21. The van der Waals surface area contributed by atoms with Gasteiger partial charge in [-0.15, -0.1) is 0 Å². The van der Waals surface area contributed by atoms with E-state index < -0.39 is 0 Å². The number of hydrogen-bond donors (Lipinski definition) is 0. The highest BCUT2D eigenvalue weighted by Crippen LogP contribution is 2.34. The predicted octanol–water partition coefficient (Wildman–Crippen LogP) is 3.43. The van der Waals surface area contributed by atoms with E-state index in [4.69, 9.17) is 14.0 Å². The Morgan fingerprint density at radius 1 is 1.12 bits per heavy atom. The van der Waals surface area contributed by atoms with Crippen LogP contribution in [0.25, 0.3) is 11.3 Å². The van der Waals surface area contributed by atoms with Crippen LogP contribution in [0.5, 0.6) is 11.5 Å². The summed E-state index contributed by atoms with van der Waals surface area (Å²) in [7, 11) is 3.23. The van der Waals surface area contributed by atoms with Crippen LogP contribution in [-0.4, -0.2) is 19.4 Å². The Bertz CT molecular complexity index is 514. The summed E-state index contributed by atoms with van der Waals surface area (Å²) in [5, 5.41) is 4.00. The fraction of sp³-hybridized carbons (Fsp3) is 0.250. The van der Waals surface area contributed by atoms with Crippen molar-refractivity contribution in [2.45, 2.75) is 6.92 Å². The Balaban J connectivity index is 2.54. The van der Waals surface area contributed by atoms with Gasteiger partial charge in [0.2, 0.25) is 0 Å². The normalized spacial score (nSPS) is 10.4. The van der Waals surface area contributed by atoms with E-state index in [1.807, 2.05) is 25.1 Å². The third-order valence-electron chi connectivity index (χ3n) is 2.42. The zero-order chi connectivity index (χ0) is 12.4. The first-order valence-corrected chi connectivity index (χ1v) is 5.80. The fourth-order valence-electron chi connectivity index (χ4n) is 1.48. The van der Waals surface area contributed by atoms with Gasteiger partial charge in [0.05, 0.1) is 18.7 Å². The molecule has 0 fully saturated rings. The molecule has 0 saturated carbocycles. The van der Waals surface area contributed by atoms with Crippen molar-refractivity contribution in [1.29, 1.82) is 0 Å². The fourth-order valence-corrected chi connectivity index (χ4v) is 1.86. The molecule has 1 aromatic heterocycles. The number of halogens is 1.